The molecule has 0 aromatic heterocycles. The molecular weight excluding hydrogens is 376 g/mol. The molecule has 6 nitrogen and oxygen atoms in total. The molecule has 0 saturated carbocycles. The number of rotatable bonds is 7. The number of urea groups is 1. The summed E-state index contributed by atoms with van der Waals surface area (Å²) in [4.78, 5) is 25.2. The lowest BCUT2D eigenvalue weighted by Gasteiger charge is -2.19. The molecule has 0 radical (unpaired) electrons. The number of aldehydes is 1. The quantitative estimate of drug-likeness (QED) is 0.529. The fraction of sp³-hybridized carbons (Fsp3) is 0.238. The van der Waals surface area contributed by atoms with Crippen LogP contribution in [0.5, 0.6) is 0 Å². The summed E-state index contributed by atoms with van der Waals surface area (Å²) in [5.41, 5.74) is 2.22. The fourth-order valence-electron chi connectivity index (χ4n) is 3.04. The van der Waals surface area contributed by atoms with Crippen molar-refractivity contribution in [2.24, 2.45) is 0 Å². The predicted molar refractivity (Wildman–Crippen MR) is 106 cm³/mol. The van der Waals surface area contributed by atoms with Gasteiger partial charge < -0.3 is 9.69 Å². The average Bonchev–Trinajstić information content (AvgIpc) is 2.99. The van der Waals surface area contributed by atoms with Crippen LogP contribution < -0.4 is 0 Å². The van der Waals surface area contributed by atoms with Gasteiger partial charge in [-0.2, -0.15) is 4.31 Å². The molecule has 28 heavy (non-hydrogen) atoms. The molecule has 1 saturated heterocycles. The normalized spacial score (nSPS) is 16.0. The largest absolute Gasteiger partial charge is 0.339 e. The minimum atomic E-state index is -4.03. The van der Waals surface area contributed by atoms with E-state index in [9.17, 15) is 18.0 Å². The molecule has 0 atom stereocenters. The van der Waals surface area contributed by atoms with Crippen molar-refractivity contribution in [3.63, 3.8) is 0 Å². The van der Waals surface area contributed by atoms with Crippen LogP contribution in [0.15, 0.2) is 71.3 Å². The van der Waals surface area contributed by atoms with Gasteiger partial charge in [-0.3, -0.25) is 0 Å². The lowest BCUT2D eigenvalue weighted by Crippen LogP contribution is -2.35. The summed E-state index contributed by atoms with van der Waals surface area (Å²) >= 11 is 0. The van der Waals surface area contributed by atoms with Gasteiger partial charge in [-0.15, -0.1) is 0 Å². The number of nitrogens with zero attached hydrogens (tertiary/aromatic N) is 2. The molecule has 0 bridgehead atoms. The molecule has 2 aromatic carbocycles. The second-order valence-corrected chi connectivity index (χ2v) is 8.43. The lowest BCUT2D eigenvalue weighted by molar-refractivity contribution is -0.107. The van der Waals surface area contributed by atoms with Gasteiger partial charge in [0.25, 0.3) is 10.0 Å². The van der Waals surface area contributed by atoms with Crippen molar-refractivity contribution < 1.29 is 18.0 Å². The van der Waals surface area contributed by atoms with E-state index in [2.05, 4.69) is 0 Å². The summed E-state index contributed by atoms with van der Waals surface area (Å²) in [7, 11) is -4.03. The highest BCUT2D eigenvalue weighted by Crippen LogP contribution is 2.29. The SMILES string of the molecule is Cc1ccc(S(=O)(=O)N2C(=O)N(Cc3ccccc3)C/C2=C\CCC=O)cc1. The molecule has 0 N–H and O–H groups in total. The molecule has 0 spiro atoms. The minimum absolute atomic E-state index is 0.0642. The minimum Gasteiger partial charge on any atom is -0.313 e. The Morgan fingerprint density at radius 3 is 2.32 bits per heavy atom. The first kappa shape index (κ1) is 19.8. The number of aryl methyl sites for hydroxylation is 1. The van der Waals surface area contributed by atoms with Crippen molar-refractivity contribution in [3.05, 3.63) is 77.5 Å². The van der Waals surface area contributed by atoms with Gasteiger partial charge >= 0.3 is 6.03 Å². The Hall–Kier alpha value is -2.93. The van der Waals surface area contributed by atoms with E-state index in [1.54, 1.807) is 18.2 Å². The zero-order chi connectivity index (χ0) is 20.1. The molecule has 1 heterocycles. The van der Waals surface area contributed by atoms with Crippen molar-refractivity contribution in [1.29, 1.82) is 0 Å². The molecule has 2 aromatic rings. The lowest BCUT2D eigenvalue weighted by atomic mass is 10.2. The van der Waals surface area contributed by atoms with Crippen LogP contribution in [0.1, 0.15) is 24.0 Å². The number of benzene rings is 2. The molecule has 7 heteroatoms. The van der Waals surface area contributed by atoms with Crippen molar-refractivity contribution in [2.45, 2.75) is 31.2 Å². The maximum atomic E-state index is 13.2. The van der Waals surface area contributed by atoms with Crippen LogP contribution in [-0.4, -0.2) is 36.5 Å². The van der Waals surface area contributed by atoms with Crippen LogP contribution in [0.3, 0.4) is 0 Å². The molecule has 1 fully saturated rings. The van der Waals surface area contributed by atoms with E-state index in [1.165, 1.54) is 17.0 Å². The van der Waals surface area contributed by atoms with Gasteiger partial charge in [-0.1, -0.05) is 54.1 Å². The number of amides is 2. The highest BCUT2D eigenvalue weighted by molar-refractivity contribution is 7.89. The third-order valence-electron chi connectivity index (χ3n) is 4.50. The highest BCUT2D eigenvalue weighted by Gasteiger charge is 2.41. The Morgan fingerprint density at radius 1 is 1.00 bits per heavy atom. The van der Waals surface area contributed by atoms with E-state index in [0.717, 1.165) is 21.7 Å². The average molecular weight is 398 g/mol. The molecule has 2 amide bonds. The van der Waals surface area contributed by atoms with Gasteiger partial charge in [0, 0.05) is 13.0 Å². The van der Waals surface area contributed by atoms with Crippen molar-refractivity contribution in [1.82, 2.24) is 9.21 Å². The summed E-state index contributed by atoms with van der Waals surface area (Å²) in [6, 6.07) is 15.2. The van der Waals surface area contributed by atoms with Gasteiger partial charge in [0.1, 0.15) is 6.29 Å². The maximum absolute atomic E-state index is 13.2. The summed E-state index contributed by atoms with van der Waals surface area (Å²) in [6.07, 6.45) is 3.08. The number of sulfonamides is 1. The second kappa shape index (κ2) is 8.39. The molecule has 146 valence electrons. The molecule has 1 aliphatic heterocycles. The fourth-order valence-corrected chi connectivity index (χ4v) is 4.50. The van der Waals surface area contributed by atoms with Crippen molar-refractivity contribution in [2.75, 3.05) is 6.54 Å². The number of hydrogen-bond donors (Lipinski definition) is 0. The number of carbonyl (C=O) groups is 2. The zero-order valence-corrected chi connectivity index (χ0v) is 16.4. The topological polar surface area (TPSA) is 74.8 Å². The number of unbranched alkanes of at least 4 members (excludes halogenated alkanes) is 1. The number of hydrogen-bond acceptors (Lipinski definition) is 4. The van der Waals surface area contributed by atoms with Crippen LogP contribution in [0.4, 0.5) is 4.79 Å². The van der Waals surface area contributed by atoms with Crippen LogP contribution in [0.25, 0.3) is 0 Å². The van der Waals surface area contributed by atoms with Gasteiger partial charge in [-0.25, -0.2) is 13.2 Å². The van der Waals surface area contributed by atoms with Crippen LogP contribution in [-0.2, 0) is 21.4 Å². The van der Waals surface area contributed by atoms with Crippen LogP contribution >= 0.6 is 0 Å². The number of allylic oxidation sites excluding steroid dienone is 1. The summed E-state index contributed by atoms with van der Waals surface area (Å²) < 4.78 is 27.2. The third-order valence-corrected chi connectivity index (χ3v) is 6.24. The molecule has 1 aliphatic rings. The van der Waals surface area contributed by atoms with Gasteiger partial charge in [0.05, 0.1) is 17.1 Å². The first-order chi connectivity index (χ1) is 13.4. The summed E-state index contributed by atoms with van der Waals surface area (Å²) in [5.74, 6) is 0. The Balaban J connectivity index is 1.95. The predicted octanol–water partition coefficient (Wildman–Crippen LogP) is 3.48. The first-order valence-electron chi connectivity index (χ1n) is 9.01. The Morgan fingerprint density at radius 2 is 1.68 bits per heavy atom. The highest BCUT2D eigenvalue weighted by atomic mass is 32.2. The molecular formula is C21H22N2O4S. The van der Waals surface area contributed by atoms with Crippen LogP contribution in [0.2, 0.25) is 0 Å². The molecule has 3 rings (SSSR count). The van der Waals surface area contributed by atoms with Gasteiger partial charge in [-0.05, 0) is 31.0 Å². The van der Waals surface area contributed by atoms with E-state index in [4.69, 9.17) is 0 Å². The second-order valence-electron chi connectivity index (χ2n) is 6.65. The van der Waals surface area contributed by atoms with Crippen molar-refractivity contribution in [3.8, 4) is 0 Å². The van der Waals surface area contributed by atoms with E-state index >= 15 is 0 Å². The van der Waals surface area contributed by atoms with Crippen molar-refractivity contribution >= 4 is 22.3 Å². The maximum Gasteiger partial charge on any atom is 0.339 e. The van der Waals surface area contributed by atoms with Crippen LogP contribution in [0, 0.1) is 6.92 Å². The standard InChI is InChI=1S/C21H22N2O4S/c1-17-10-12-20(13-11-17)28(26,27)23-19(9-5-6-14-24)16-22(21(23)25)15-18-7-3-2-4-8-18/h2-4,7-14H,5-6,15-16H2,1H3/b19-9+. The van der Waals surface area contributed by atoms with Gasteiger partial charge in [0.2, 0.25) is 0 Å². The monoisotopic (exact) mass is 398 g/mol. The zero-order valence-electron chi connectivity index (χ0n) is 15.6. The molecule has 0 aliphatic carbocycles. The van der Waals surface area contributed by atoms with E-state index < -0.39 is 16.1 Å². The smallest absolute Gasteiger partial charge is 0.313 e. The summed E-state index contributed by atoms with van der Waals surface area (Å²) in [6.45, 7) is 2.35. The van der Waals surface area contributed by atoms with E-state index in [1.807, 2.05) is 37.3 Å². The first-order valence-corrected chi connectivity index (χ1v) is 10.4. The van der Waals surface area contributed by atoms with E-state index in [-0.39, 0.29) is 17.9 Å². The Bertz CT molecular complexity index is 983. The van der Waals surface area contributed by atoms with Gasteiger partial charge in [0.15, 0.2) is 0 Å². The third kappa shape index (κ3) is 4.14. The Kier molecular flexibility index (Phi) is 5.94. The summed E-state index contributed by atoms with van der Waals surface area (Å²) in [5, 5.41) is 0. The molecule has 0 unspecified atom stereocenters. The number of carbonyl (C=O) groups excluding carboxylic acids is 2. The Labute approximate surface area is 165 Å². The van der Waals surface area contributed by atoms with E-state index in [0.29, 0.717) is 18.7 Å².